The van der Waals surface area contributed by atoms with Gasteiger partial charge in [-0.1, -0.05) is 67.9 Å². The number of rotatable bonds is 8. The molecule has 0 saturated carbocycles. The molecule has 0 atom stereocenters. The summed E-state index contributed by atoms with van der Waals surface area (Å²) in [5.74, 6) is 0. The van der Waals surface area contributed by atoms with E-state index in [9.17, 15) is 0 Å². The standard InChI is InChI=1S/C23H26OP.ClH/c1-2-3-19-24-20-25(21-13-7-4-8-14-21,22-15-9-5-10-16-22)23-17-11-6-12-18-23;/h4-18H,2-3,19-20H2,1H3;1H/q+1;. The number of halogens is 1. The first-order valence-corrected chi connectivity index (χ1v) is 11.0. The molecule has 0 bridgehead atoms. The largest absolute Gasteiger partial charge is 0.345 e. The summed E-state index contributed by atoms with van der Waals surface area (Å²) < 4.78 is 6.25. The molecule has 136 valence electrons. The molecule has 0 aliphatic rings. The lowest BCUT2D eigenvalue weighted by molar-refractivity contribution is 0.176. The van der Waals surface area contributed by atoms with Gasteiger partial charge in [0.15, 0.2) is 6.35 Å². The van der Waals surface area contributed by atoms with E-state index in [1.807, 2.05) is 0 Å². The van der Waals surface area contributed by atoms with Gasteiger partial charge in [0, 0.05) is 0 Å². The van der Waals surface area contributed by atoms with Gasteiger partial charge in [0.25, 0.3) is 0 Å². The molecule has 0 heterocycles. The molecule has 0 aromatic heterocycles. The first-order valence-electron chi connectivity index (χ1n) is 9.00. The smallest absolute Gasteiger partial charge is 0.171 e. The summed E-state index contributed by atoms with van der Waals surface area (Å²) in [6, 6.07) is 32.7. The fourth-order valence-corrected chi connectivity index (χ4v) is 6.95. The van der Waals surface area contributed by atoms with Gasteiger partial charge in [-0.15, -0.1) is 12.4 Å². The van der Waals surface area contributed by atoms with Gasteiger partial charge in [0.1, 0.15) is 23.2 Å². The number of unbranched alkanes of at least 4 members (excludes halogenated alkanes) is 1. The number of hydrogen-bond acceptors (Lipinski definition) is 1. The van der Waals surface area contributed by atoms with Crippen molar-refractivity contribution >= 4 is 35.6 Å². The minimum atomic E-state index is -1.82. The highest BCUT2D eigenvalue weighted by Gasteiger charge is 2.45. The zero-order valence-electron chi connectivity index (χ0n) is 15.3. The predicted molar refractivity (Wildman–Crippen MR) is 118 cm³/mol. The van der Waals surface area contributed by atoms with E-state index in [1.54, 1.807) is 0 Å². The zero-order valence-corrected chi connectivity index (χ0v) is 17.0. The van der Waals surface area contributed by atoms with E-state index in [-0.39, 0.29) is 12.4 Å². The maximum atomic E-state index is 6.25. The second-order valence-corrected chi connectivity index (χ2v) is 9.63. The summed E-state index contributed by atoms with van der Waals surface area (Å²) in [5.41, 5.74) is 0. The summed E-state index contributed by atoms with van der Waals surface area (Å²) in [6.07, 6.45) is 3.02. The van der Waals surface area contributed by atoms with Crippen LogP contribution in [-0.4, -0.2) is 13.0 Å². The van der Waals surface area contributed by atoms with Crippen LogP contribution in [0.4, 0.5) is 0 Å². The van der Waals surface area contributed by atoms with Crippen molar-refractivity contribution in [2.45, 2.75) is 19.8 Å². The lowest BCUT2D eigenvalue weighted by atomic mass is 10.4. The second kappa shape index (κ2) is 10.5. The Labute approximate surface area is 164 Å². The average Bonchev–Trinajstić information content (AvgIpc) is 2.70. The van der Waals surface area contributed by atoms with Gasteiger partial charge < -0.3 is 4.74 Å². The number of ether oxygens (including phenoxy) is 1. The van der Waals surface area contributed by atoms with Gasteiger partial charge in [-0.25, -0.2) is 0 Å². The minimum Gasteiger partial charge on any atom is -0.345 e. The van der Waals surface area contributed by atoms with Crippen molar-refractivity contribution < 1.29 is 4.74 Å². The highest BCUT2D eigenvalue weighted by molar-refractivity contribution is 7.95. The molecule has 3 rings (SSSR count). The van der Waals surface area contributed by atoms with Gasteiger partial charge in [0.2, 0.25) is 0 Å². The van der Waals surface area contributed by atoms with Gasteiger partial charge in [-0.2, -0.15) is 0 Å². The van der Waals surface area contributed by atoms with Crippen molar-refractivity contribution in [1.82, 2.24) is 0 Å². The lowest BCUT2D eigenvalue weighted by Crippen LogP contribution is -2.34. The highest BCUT2D eigenvalue weighted by atomic mass is 35.5. The predicted octanol–water partition coefficient (Wildman–Crippen LogP) is 5.18. The monoisotopic (exact) mass is 385 g/mol. The van der Waals surface area contributed by atoms with E-state index < -0.39 is 7.26 Å². The molecule has 0 aliphatic carbocycles. The molecule has 1 nitrogen and oxygen atoms in total. The molecule has 3 heteroatoms. The lowest BCUT2D eigenvalue weighted by Gasteiger charge is -2.27. The van der Waals surface area contributed by atoms with Crippen LogP contribution >= 0.6 is 19.7 Å². The molecule has 26 heavy (non-hydrogen) atoms. The normalized spacial score (nSPS) is 11.0. The number of benzene rings is 3. The van der Waals surface area contributed by atoms with Crippen molar-refractivity contribution in [2.75, 3.05) is 13.0 Å². The molecule has 0 fully saturated rings. The third-order valence-electron chi connectivity index (χ3n) is 4.52. The Bertz CT molecular complexity index is 650. The van der Waals surface area contributed by atoms with Gasteiger partial charge >= 0.3 is 0 Å². The fraction of sp³-hybridized carbons (Fsp3) is 0.217. The Morgan fingerprint density at radius 2 is 1.04 bits per heavy atom. The molecule has 0 amide bonds. The maximum Gasteiger partial charge on any atom is 0.171 e. The molecule has 0 aliphatic heterocycles. The van der Waals surface area contributed by atoms with Gasteiger partial charge in [0.05, 0.1) is 6.61 Å². The number of hydrogen-bond donors (Lipinski definition) is 0. The molecule has 3 aromatic rings. The summed E-state index contributed by atoms with van der Waals surface area (Å²) in [6.45, 7) is 3.03. The SMILES string of the molecule is CCCCOC[P+](c1ccccc1)(c1ccccc1)c1ccccc1.Cl. The summed E-state index contributed by atoms with van der Waals surface area (Å²) in [4.78, 5) is 0. The van der Waals surface area contributed by atoms with Gasteiger partial charge in [-0.05, 0) is 42.8 Å². The van der Waals surface area contributed by atoms with Crippen LogP contribution in [0.2, 0.25) is 0 Å². The van der Waals surface area contributed by atoms with Crippen molar-refractivity contribution in [3.8, 4) is 0 Å². The minimum absolute atomic E-state index is 0. The molecule has 0 N–H and O–H groups in total. The fourth-order valence-electron chi connectivity index (χ4n) is 3.17. The summed E-state index contributed by atoms with van der Waals surface area (Å²) in [7, 11) is -1.82. The summed E-state index contributed by atoms with van der Waals surface area (Å²) >= 11 is 0. The molecule has 0 unspecified atom stereocenters. The van der Waals surface area contributed by atoms with E-state index in [0.717, 1.165) is 25.8 Å². The van der Waals surface area contributed by atoms with E-state index in [0.29, 0.717) is 0 Å². The molecule has 3 aromatic carbocycles. The topological polar surface area (TPSA) is 9.23 Å². The van der Waals surface area contributed by atoms with Gasteiger partial charge in [-0.3, -0.25) is 0 Å². The Kier molecular flexibility index (Phi) is 8.32. The van der Waals surface area contributed by atoms with Crippen LogP contribution < -0.4 is 15.9 Å². The van der Waals surface area contributed by atoms with Crippen LogP contribution in [0, 0.1) is 0 Å². The summed E-state index contributed by atoms with van der Waals surface area (Å²) in [5, 5.41) is 4.14. The van der Waals surface area contributed by atoms with Crippen LogP contribution in [0.5, 0.6) is 0 Å². The van der Waals surface area contributed by atoms with Crippen LogP contribution in [-0.2, 0) is 4.74 Å². The average molecular weight is 386 g/mol. The van der Waals surface area contributed by atoms with Crippen molar-refractivity contribution in [3.63, 3.8) is 0 Å². The van der Waals surface area contributed by atoms with Crippen LogP contribution in [0.15, 0.2) is 91.0 Å². The Balaban J connectivity index is 0.00000243. The third kappa shape index (κ3) is 4.54. The van der Waals surface area contributed by atoms with E-state index in [4.69, 9.17) is 4.74 Å². The van der Waals surface area contributed by atoms with Crippen molar-refractivity contribution in [1.29, 1.82) is 0 Å². The molecule has 0 radical (unpaired) electrons. The maximum absolute atomic E-state index is 6.25. The first-order chi connectivity index (χ1) is 12.4. The zero-order chi connectivity index (χ0) is 17.4. The Hall–Kier alpha value is -1.66. The van der Waals surface area contributed by atoms with Crippen molar-refractivity contribution in [2.24, 2.45) is 0 Å². The molecule has 0 saturated heterocycles. The van der Waals surface area contributed by atoms with E-state index in [1.165, 1.54) is 15.9 Å². The van der Waals surface area contributed by atoms with Crippen molar-refractivity contribution in [3.05, 3.63) is 91.0 Å². The Morgan fingerprint density at radius 1 is 0.654 bits per heavy atom. The van der Waals surface area contributed by atoms with E-state index in [2.05, 4.69) is 97.9 Å². The third-order valence-corrected chi connectivity index (χ3v) is 8.63. The molecular weight excluding hydrogens is 359 g/mol. The molecular formula is C23H27ClOP+. The highest BCUT2D eigenvalue weighted by Crippen LogP contribution is 2.55. The quantitative estimate of drug-likeness (QED) is 0.383. The molecule has 0 spiro atoms. The second-order valence-electron chi connectivity index (χ2n) is 6.21. The first kappa shape index (κ1) is 20.6. The van der Waals surface area contributed by atoms with E-state index >= 15 is 0 Å². The van der Waals surface area contributed by atoms with Crippen LogP contribution in [0.3, 0.4) is 0 Å². The Morgan fingerprint density at radius 3 is 1.38 bits per heavy atom. The van der Waals surface area contributed by atoms with Crippen LogP contribution in [0.25, 0.3) is 0 Å². The van der Waals surface area contributed by atoms with Crippen LogP contribution in [0.1, 0.15) is 19.8 Å².